The Hall–Kier alpha value is -3.29. The molecule has 1 aliphatic heterocycles. The number of benzene rings is 1. The summed E-state index contributed by atoms with van der Waals surface area (Å²) in [6.07, 6.45) is 0. The van der Waals surface area contributed by atoms with E-state index in [9.17, 15) is 9.18 Å². The smallest absolute Gasteiger partial charge is 0.220 e. The molecule has 0 spiro atoms. The molecule has 0 radical (unpaired) electrons. The largest absolute Gasteiger partial charge is 0.471 e. The number of aryl methyl sites for hydroxylation is 1. The molecule has 0 N–H and O–H groups in total. The average Bonchev–Trinajstić information content (AvgIpc) is 3.24. The second kappa shape index (κ2) is 6.79. The first-order valence-electron chi connectivity index (χ1n) is 8.53. The van der Waals surface area contributed by atoms with Crippen molar-refractivity contribution in [1.82, 2.24) is 24.9 Å². The Labute approximate surface area is 155 Å². The molecule has 1 aliphatic rings. The fourth-order valence-corrected chi connectivity index (χ4v) is 3.05. The molecule has 138 valence electrons. The second-order valence-electron chi connectivity index (χ2n) is 6.43. The van der Waals surface area contributed by atoms with Crippen LogP contribution in [-0.4, -0.2) is 30.8 Å². The molecule has 8 heteroatoms. The van der Waals surface area contributed by atoms with Crippen molar-refractivity contribution in [3.63, 3.8) is 0 Å². The van der Waals surface area contributed by atoms with Gasteiger partial charge in [0.05, 0.1) is 12.2 Å². The number of ether oxygens (including phenoxy) is 1. The molecule has 0 bridgehead atoms. The summed E-state index contributed by atoms with van der Waals surface area (Å²) in [5.41, 5.74) is 4.05. The molecule has 0 aliphatic carbocycles. The topological polar surface area (TPSA) is 73.1 Å². The monoisotopic (exact) mass is 367 g/mol. The fraction of sp³-hybridized carbons (Fsp3) is 0.263. The zero-order chi connectivity index (χ0) is 19.0. The summed E-state index contributed by atoms with van der Waals surface area (Å²) in [6, 6.07) is 9.82. The molecule has 3 heterocycles. The number of rotatable bonds is 4. The number of pyridine rings is 1. The quantitative estimate of drug-likeness (QED) is 0.708. The van der Waals surface area contributed by atoms with Gasteiger partial charge >= 0.3 is 0 Å². The zero-order valence-corrected chi connectivity index (χ0v) is 15.0. The van der Waals surface area contributed by atoms with Gasteiger partial charge < -0.3 is 9.64 Å². The lowest BCUT2D eigenvalue weighted by molar-refractivity contribution is -0.129. The van der Waals surface area contributed by atoms with Gasteiger partial charge in [-0.05, 0) is 35.9 Å². The number of halogens is 1. The Balaban J connectivity index is 1.52. The molecular weight excluding hydrogens is 349 g/mol. The molecule has 0 atom stereocenters. The van der Waals surface area contributed by atoms with Crippen LogP contribution in [0.1, 0.15) is 23.9 Å². The molecule has 0 saturated heterocycles. The van der Waals surface area contributed by atoms with E-state index < -0.39 is 0 Å². The molecule has 4 rings (SSSR count). The minimum atomic E-state index is -0.303. The van der Waals surface area contributed by atoms with Crippen LogP contribution >= 0.6 is 0 Å². The van der Waals surface area contributed by atoms with Crippen molar-refractivity contribution in [3.05, 3.63) is 59.2 Å². The third-order valence-electron chi connectivity index (χ3n) is 4.61. The first-order chi connectivity index (χ1) is 13.0. The van der Waals surface area contributed by atoms with Crippen LogP contribution < -0.4 is 4.74 Å². The third-order valence-corrected chi connectivity index (χ3v) is 4.61. The fourth-order valence-electron chi connectivity index (χ4n) is 3.05. The summed E-state index contributed by atoms with van der Waals surface area (Å²) in [5, 5.41) is 8.20. The maximum absolute atomic E-state index is 13.2. The lowest BCUT2D eigenvalue weighted by Gasteiger charge is -2.10. The Bertz CT molecular complexity index is 1000. The van der Waals surface area contributed by atoms with Crippen molar-refractivity contribution in [3.8, 4) is 17.1 Å². The van der Waals surface area contributed by atoms with Crippen LogP contribution in [0.15, 0.2) is 36.4 Å². The molecule has 1 amide bonds. The van der Waals surface area contributed by atoms with Crippen molar-refractivity contribution in [2.45, 2.75) is 26.6 Å². The molecule has 7 nitrogen and oxygen atoms in total. The van der Waals surface area contributed by atoms with E-state index in [1.54, 1.807) is 41.8 Å². The van der Waals surface area contributed by atoms with E-state index in [1.165, 1.54) is 12.1 Å². The number of fused-ring (bicyclic) bond motifs is 1. The Morgan fingerprint density at radius 3 is 2.70 bits per heavy atom. The van der Waals surface area contributed by atoms with E-state index in [4.69, 9.17) is 4.74 Å². The molecule has 0 fully saturated rings. The molecule has 27 heavy (non-hydrogen) atoms. The predicted octanol–water partition coefficient (Wildman–Crippen LogP) is 2.46. The maximum atomic E-state index is 13.2. The van der Waals surface area contributed by atoms with Gasteiger partial charge in [-0.3, -0.25) is 4.79 Å². The van der Waals surface area contributed by atoms with E-state index in [2.05, 4.69) is 15.3 Å². The summed E-state index contributed by atoms with van der Waals surface area (Å²) >= 11 is 0. The number of carbonyl (C=O) groups is 1. The van der Waals surface area contributed by atoms with Gasteiger partial charge in [-0.25, -0.2) is 14.1 Å². The van der Waals surface area contributed by atoms with Gasteiger partial charge in [-0.15, -0.1) is 5.10 Å². The SMILES string of the molecule is CC(=O)N1Cc2ccc(OCc3c(-c4ccc(F)cc4)nnn3C)nc2C1. The molecule has 3 aromatic rings. The van der Waals surface area contributed by atoms with Gasteiger partial charge in [0.15, 0.2) is 0 Å². The Morgan fingerprint density at radius 2 is 1.96 bits per heavy atom. The first kappa shape index (κ1) is 17.1. The number of hydrogen-bond acceptors (Lipinski definition) is 5. The van der Waals surface area contributed by atoms with Crippen molar-refractivity contribution in [2.24, 2.45) is 7.05 Å². The van der Waals surface area contributed by atoms with Crippen LogP contribution in [0.2, 0.25) is 0 Å². The van der Waals surface area contributed by atoms with Gasteiger partial charge in [-0.2, -0.15) is 0 Å². The molecule has 0 saturated carbocycles. The standard InChI is InChI=1S/C19H18FN5O2/c1-12(26)25-9-14-5-8-18(21-16(14)10-25)27-11-17-19(22-23-24(17)2)13-3-6-15(20)7-4-13/h3-8H,9-11H2,1-2H3. The molecule has 1 aromatic carbocycles. The van der Waals surface area contributed by atoms with Crippen LogP contribution in [0.4, 0.5) is 4.39 Å². The minimum absolute atomic E-state index is 0.0281. The van der Waals surface area contributed by atoms with E-state index in [0.29, 0.717) is 24.7 Å². The van der Waals surface area contributed by atoms with Gasteiger partial charge in [0.2, 0.25) is 11.8 Å². The first-order valence-corrected chi connectivity index (χ1v) is 8.53. The minimum Gasteiger partial charge on any atom is -0.471 e. The average molecular weight is 367 g/mol. The van der Waals surface area contributed by atoms with Crippen molar-refractivity contribution < 1.29 is 13.9 Å². The molecule has 2 aromatic heterocycles. The number of carbonyl (C=O) groups excluding carboxylic acids is 1. The highest BCUT2D eigenvalue weighted by Gasteiger charge is 2.22. The van der Waals surface area contributed by atoms with E-state index in [1.807, 2.05) is 6.07 Å². The number of nitrogens with zero attached hydrogens (tertiary/aromatic N) is 5. The molecule has 0 unspecified atom stereocenters. The van der Waals surface area contributed by atoms with Crippen LogP contribution in [0.5, 0.6) is 5.88 Å². The van der Waals surface area contributed by atoms with Crippen LogP contribution in [0, 0.1) is 5.82 Å². The summed E-state index contributed by atoms with van der Waals surface area (Å²) in [5.74, 6) is 0.202. The Morgan fingerprint density at radius 1 is 1.19 bits per heavy atom. The highest BCUT2D eigenvalue weighted by Crippen LogP contribution is 2.25. The number of amides is 1. The number of aromatic nitrogens is 4. The molecular formula is C19H18FN5O2. The van der Waals surface area contributed by atoms with E-state index in [0.717, 1.165) is 22.5 Å². The van der Waals surface area contributed by atoms with Crippen LogP contribution in [0.3, 0.4) is 0 Å². The van der Waals surface area contributed by atoms with Gasteiger partial charge in [-0.1, -0.05) is 5.21 Å². The van der Waals surface area contributed by atoms with Crippen molar-refractivity contribution in [2.75, 3.05) is 0 Å². The van der Waals surface area contributed by atoms with Gasteiger partial charge in [0.1, 0.15) is 23.8 Å². The zero-order valence-electron chi connectivity index (χ0n) is 15.0. The van der Waals surface area contributed by atoms with Gasteiger partial charge in [0, 0.05) is 32.1 Å². The van der Waals surface area contributed by atoms with E-state index in [-0.39, 0.29) is 18.3 Å². The third kappa shape index (κ3) is 3.38. The normalized spacial score (nSPS) is 12.9. The lowest BCUT2D eigenvalue weighted by atomic mass is 10.1. The summed E-state index contributed by atoms with van der Waals surface area (Å²) in [7, 11) is 1.78. The van der Waals surface area contributed by atoms with Crippen LogP contribution in [0.25, 0.3) is 11.3 Å². The van der Waals surface area contributed by atoms with E-state index >= 15 is 0 Å². The van der Waals surface area contributed by atoms with Crippen LogP contribution in [-0.2, 0) is 31.5 Å². The lowest BCUT2D eigenvalue weighted by Crippen LogP contribution is -2.21. The summed E-state index contributed by atoms with van der Waals surface area (Å²) < 4.78 is 20.6. The number of hydrogen-bond donors (Lipinski definition) is 0. The second-order valence-corrected chi connectivity index (χ2v) is 6.43. The Kier molecular flexibility index (Phi) is 4.31. The highest BCUT2D eigenvalue weighted by atomic mass is 19.1. The summed E-state index contributed by atoms with van der Waals surface area (Å²) in [4.78, 5) is 17.8. The summed E-state index contributed by atoms with van der Waals surface area (Å²) in [6.45, 7) is 2.85. The van der Waals surface area contributed by atoms with Gasteiger partial charge in [0.25, 0.3) is 0 Å². The highest BCUT2D eigenvalue weighted by molar-refractivity contribution is 5.74. The maximum Gasteiger partial charge on any atom is 0.220 e. The predicted molar refractivity (Wildman–Crippen MR) is 94.9 cm³/mol. The van der Waals surface area contributed by atoms with Crippen molar-refractivity contribution >= 4 is 5.91 Å². The van der Waals surface area contributed by atoms with Crippen molar-refractivity contribution in [1.29, 1.82) is 0 Å².